The molecule has 0 radical (unpaired) electrons. The summed E-state index contributed by atoms with van der Waals surface area (Å²) in [6, 6.07) is 6.03. The number of halogens is 2. The Kier molecular flexibility index (Phi) is 8.47. The van der Waals surface area contributed by atoms with Crippen LogP contribution in [0.15, 0.2) is 30.3 Å². The van der Waals surface area contributed by atoms with Gasteiger partial charge in [0.15, 0.2) is 0 Å². The standard InChI is InChI=1S/C23H27F2NO4/c1-4-11-26(12-5-2)13-10-19-17(18-7-6-16(24)14-20(18)25)8-9-21(30-15(3)27)22(19)23(28)29/h6-9,14H,4-5,10-13H2,1-3H3,(H,28,29). The van der Waals surface area contributed by atoms with Crippen LogP contribution in [0.25, 0.3) is 11.1 Å². The van der Waals surface area contributed by atoms with Crippen molar-refractivity contribution in [1.82, 2.24) is 4.90 Å². The maximum absolute atomic E-state index is 14.5. The average Bonchev–Trinajstić information content (AvgIpc) is 2.66. The van der Waals surface area contributed by atoms with Crippen LogP contribution in [0.2, 0.25) is 0 Å². The van der Waals surface area contributed by atoms with Gasteiger partial charge in [0.25, 0.3) is 0 Å². The SMILES string of the molecule is CCCN(CCC)CCc1c(-c2ccc(F)cc2F)ccc(OC(C)=O)c1C(=O)O. The zero-order valence-electron chi connectivity index (χ0n) is 17.5. The summed E-state index contributed by atoms with van der Waals surface area (Å²) in [5.41, 5.74) is 0.609. The largest absolute Gasteiger partial charge is 0.478 e. The summed E-state index contributed by atoms with van der Waals surface area (Å²) in [6.07, 6.45) is 2.19. The van der Waals surface area contributed by atoms with Crippen molar-refractivity contribution in [2.24, 2.45) is 0 Å². The van der Waals surface area contributed by atoms with E-state index < -0.39 is 23.6 Å². The van der Waals surface area contributed by atoms with Gasteiger partial charge in [0.05, 0.1) is 0 Å². The van der Waals surface area contributed by atoms with E-state index in [1.54, 1.807) is 0 Å². The monoisotopic (exact) mass is 419 g/mol. The molecule has 1 N–H and O–H groups in total. The summed E-state index contributed by atoms with van der Waals surface area (Å²) in [4.78, 5) is 25.7. The Bertz CT molecular complexity index is 908. The summed E-state index contributed by atoms with van der Waals surface area (Å²) < 4.78 is 33.0. The molecule has 0 aliphatic rings. The average molecular weight is 419 g/mol. The Morgan fingerprint density at radius 1 is 1.00 bits per heavy atom. The molecule has 7 heteroatoms. The number of carbonyl (C=O) groups excluding carboxylic acids is 1. The van der Waals surface area contributed by atoms with Crippen LogP contribution in [0.4, 0.5) is 8.78 Å². The second-order valence-electron chi connectivity index (χ2n) is 7.08. The Hall–Kier alpha value is -2.80. The normalized spacial score (nSPS) is 11.0. The molecule has 0 fully saturated rings. The molecule has 0 bridgehead atoms. The Balaban J connectivity index is 2.61. The van der Waals surface area contributed by atoms with Crippen molar-refractivity contribution in [3.63, 3.8) is 0 Å². The van der Waals surface area contributed by atoms with Crippen molar-refractivity contribution >= 4 is 11.9 Å². The molecule has 162 valence electrons. The fourth-order valence-corrected chi connectivity index (χ4v) is 3.56. The number of aromatic carboxylic acids is 1. The van der Waals surface area contributed by atoms with Crippen LogP contribution >= 0.6 is 0 Å². The molecule has 0 atom stereocenters. The number of carbonyl (C=O) groups is 2. The zero-order valence-corrected chi connectivity index (χ0v) is 17.5. The maximum Gasteiger partial charge on any atom is 0.339 e. The first-order valence-corrected chi connectivity index (χ1v) is 10.0. The molecule has 2 rings (SSSR count). The van der Waals surface area contributed by atoms with Gasteiger partial charge in [-0.25, -0.2) is 13.6 Å². The van der Waals surface area contributed by atoms with E-state index in [9.17, 15) is 23.5 Å². The highest BCUT2D eigenvalue weighted by molar-refractivity contribution is 5.96. The highest BCUT2D eigenvalue weighted by Gasteiger charge is 2.24. The third kappa shape index (κ3) is 5.86. The molecule has 0 saturated carbocycles. The van der Waals surface area contributed by atoms with Crippen LogP contribution in [0.3, 0.4) is 0 Å². The molecule has 0 heterocycles. The minimum absolute atomic E-state index is 0.0891. The van der Waals surface area contributed by atoms with Gasteiger partial charge in [-0.05, 0) is 61.7 Å². The van der Waals surface area contributed by atoms with Crippen molar-refractivity contribution in [1.29, 1.82) is 0 Å². The van der Waals surface area contributed by atoms with Crippen molar-refractivity contribution in [3.8, 4) is 16.9 Å². The van der Waals surface area contributed by atoms with Gasteiger partial charge >= 0.3 is 11.9 Å². The molecule has 30 heavy (non-hydrogen) atoms. The number of hydrogen-bond acceptors (Lipinski definition) is 4. The minimum atomic E-state index is -1.27. The molecule has 0 unspecified atom stereocenters. The summed E-state index contributed by atoms with van der Waals surface area (Å²) in [5, 5.41) is 9.86. The number of nitrogens with zero attached hydrogens (tertiary/aromatic N) is 1. The number of benzene rings is 2. The Morgan fingerprint density at radius 2 is 1.63 bits per heavy atom. The van der Waals surface area contributed by atoms with E-state index in [-0.39, 0.29) is 16.9 Å². The third-order valence-electron chi connectivity index (χ3n) is 4.72. The van der Waals surface area contributed by atoms with Gasteiger partial charge in [-0.3, -0.25) is 4.79 Å². The maximum atomic E-state index is 14.5. The van der Waals surface area contributed by atoms with E-state index in [0.717, 1.165) is 38.1 Å². The molecular formula is C23H27F2NO4. The summed E-state index contributed by atoms with van der Waals surface area (Å²) in [7, 11) is 0. The van der Waals surface area contributed by atoms with Gasteiger partial charge in [-0.15, -0.1) is 0 Å². The smallest absolute Gasteiger partial charge is 0.339 e. The van der Waals surface area contributed by atoms with Gasteiger partial charge in [0.1, 0.15) is 22.9 Å². The van der Waals surface area contributed by atoms with Crippen LogP contribution in [-0.4, -0.2) is 41.6 Å². The predicted molar refractivity (Wildman–Crippen MR) is 111 cm³/mol. The predicted octanol–water partition coefficient (Wildman–Crippen LogP) is 4.92. The van der Waals surface area contributed by atoms with E-state index in [4.69, 9.17) is 4.74 Å². The number of rotatable bonds is 10. The topological polar surface area (TPSA) is 66.8 Å². The number of ether oxygens (including phenoxy) is 1. The highest BCUT2D eigenvalue weighted by atomic mass is 19.1. The van der Waals surface area contributed by atoms with Gasteiger partial charge < -0.3 is 14.7 Å². The van der Waals surface area contributed by atoms with E-state index >= 15 is 0 Å². The number of carboxylic acids is 1. The lowest BCUT2D eigenvalue weighted by molar-refractivity contribution is -0.131. The molecular weight excluding hydrogens is 392 g/mol. The van der Waals surface area contributed by atoms with Crippen LogP contribution in [0, 0.1) is 11.6 Å². The fraction of sp³-hybridized carbons (Fsp3) is 0.391. The van der Waals surface area contributed by atoms with Crippen molar-refractivity contribution in [2.45, 2.75) is 40.0 Å². The second-order valence-corrected chi connectivity index (χ2v) is 7.08. The lowest BCUT2D eigenvalue weighted by atomic mass is 9.92. The van der Waals surface area contributed by atoms with E-state index in [1.165, 1.54) is 25.1 Å². The molecule has 0 spiro atoms. The molecule has 2 aromatic carbocycles. The summed E-state index contributed by atoms with van der Waals surface area (Å²) >= 11 is 0. The fourth-order valence-electron chi connectivity index (χ4n) is 3.56. The van der Waals surface area contributed by atoms with Crippen LogP contribution in [0.1, 0.15) is 49.5 Å². The first-order chi connectivity index (χ1) is 14.3. The summed E-state index contributed by atoms with van der Waals surface area (Å²) in [5.74, 6) is -3.52. The summed E-state index contributed by atoms with van der Waals surface area (Å²) in [6.45, 7) is 7.56. The number of carboxylic acid groups (broad SMARTS) is 1. The van der Waals surface area contributed by atoms with E-state index in [2.05, 4.69) is 18.7 Å². The van der Waals surface area contributed by atoms with Crippen LogP contribution in [0.5, 0.6) is 5.75 Å². The first-order valence-electron chi connectivity index (χ1n) is 10.0. The molecule has 0 aliphatic heterocycles. The lowest BCUT2D eigenvalue weighted by Crippen LogP contribution is -2.28. The van der Waals surface area contributed by atoms with Gasteiger partial charge in [-0.2, -0.15) is 0 Å². The van der Waals surface area contributed by atoms with Crippen LogP contribution < -0.4 is 4.74 Å². The van der Waals surface area contributed by atoms with E-state index in [1.807, 2.05) is 0 Å². The van der Waals surface area contributed by atoms with Crippen molar-refractivity contribution < 1.29 is 28.2 Å². The molecule has 0 aliphatic carbocycles. The van der Waals surface area contributed by atoms with Crippen molar-refractivity contribution in [3.05, 3.63) is 53.1 Å². The molecule has 5 nitrogen and oxygen atoms in total. The number of esters is 1. The molecule has 0 amide bonds. The van der Waals surface area contributed by atoms with E-state index in [0.29, 0.717) is 24.1 Å². The molecule has 0 aromatic heterocycles. The lowest BCUT2D eigenvalue weighted by Gasteiger charge is -2.23. The number of hydrogen-bond donors (Lipinski definition) is 1. The zero-order chi connectivity index (χ0) is 22.3. The van der Waals surface area contributed by atoms with Crippen molar-refractivity contribution in [2.75, 3.05) is 19.6 Å². The Labute approximate surface area is 175 Å². The van der Waals surface area contributed by atoms with Gasteiger partial charge in [-0.1, -0.05) is 19.9 Å². The highest BCUT2D eigenvalue weighted by Crippen LogP contribution is 2.34. The molecule has 0 saturated heterocycles. The van der Waals surface area contributed by atoms with Gasteiger partial charge in [0.2, 0.25) is 0 Å². The second kappa shape index (κ2) is 10.8. The van der Waals surface area contributed by atoms with Crippen LogP contribution in [-0.2, 0) is 11.2 Å². The first kappa shape index (κ1) is 23.5. The molecule has 2 aromatic rings. The van der Waals surface area contributed by atoms with Gasteiger partial charge in [0, 0.05) is 25.1 Å². The minimum Gasteiger partial charge on any atom is -0.478 e. The quantitative estimate of drug-likeness (QED) is 0.437. The third-order valence-corrected chi connectivity index (χ3v) is 4.72. The Morgan fingerprint density at radius 3 is 2.17 bits per heavy atom.